The van der Waals surface area contributed by atoms with Gasteiger partial charge < -0.3 is 10.6 Å². The molecule has 3 unspecified atom stereocenters. The third-order valence-corrected chi connectivity index (χ3v) is 6.11. The lowest BCUT2D eigenvalue weighted by Gasteiger charge is -2.42. The van der Waals surface area contributed by atoms with E-state index < -0.39 is 0 Å². The molecule has 0 aromatic rings. The predicted molar refractivity (Wildman–Crippen MR) is 92.3 cm³/mol. The Bertz CT molecular complexity index is 301. The van der Waals surface area contributed by atoms with E-state index in [1.807, 2.05) is 0 Å². The van der Waals surface area contributed by atoms with E-state index in [0.29, 0.717) is 17.4 Å². The van der Waals surface area contributed by atoms with Gasteiger partial charge in [0.2, 0.25) is 0 Å². The van der Waals surface area contributed by atoms with Gasteiger partial charge in [-0.15, -0.1) is 0 Å². The fourth-order valence-corrected chi connectivity index (χ4v) is 4.57. The van der Waals surface area contributed by atoms with Gasteiger partial charge in [0.05, 0.1) is 0 Å². The van der Waals surface area contributed by atoms with Crippen molar-refractivity contribution in [2.24, 2.45) is 28.9 Å². The van der Waals surface area contributed by atoms with E-state index in [2.05, 4.69) is 32.7 Å². The zero-order valence-corrected chi connectivity index (χ0v) is 14.9. The van der Waals surface area contributed by atoms with Crippen molar-refractivity contribution in [1.82, 2.24) is 4.90 Å². The second kappa shape index (κ2) is 7.46. The second-order valence-electron chi connectivity index (χ2n) is 9.03. The van der Waals surface area contributed by atoms with Gasteiger partial charge in [0.25, 0.3) is 0 Å². The van der Waals surface area contributed by atoms with E-state index in [-0.39, 0.29) is 0 Å². The Labute approximate surface area is 132 Å². The maximum Gasteiger partial charge on any atom is 0.00795 e. The molecule has 0 aromatic heterocycles. The molecule has 2 aliphatic rings. The van der Waals surface area contributed by atoms with Crippen LogP contribution in [0.15, 0.2) is 0 Å². The summed E-state index contributed by atoms with van der Waals surface area (Å²) in [5, 5.41) is 0. The molecule has 0 aromatic carbocycles. The van der Waals surface area contributed by atoms with Gasteiger partial charge in [0.1, 0.15) is 0 Å². The third kappa shape index (κ3) is 5.25. The topological polar surface area (TPSA) is 29.3 Å². The molecule has 2 rings (SSSR count). The number of nitrogens with zero attached hydrogens (tertiary/aromatic N) is 1. The molecule has 2 saturated carbocycles. The Balaban J connectivity index is 1.81. The Morgan fingerprint density at radius 2 is 1.62 bits per heavy atom. The van der Waals surface area contributed by atoms with Crippen LogP contribution in [0.25, 0.3) is 0 Å². The van der Waals surface area contributed by atoms with E-state index in [0.717, 1.165) is 11.8 Å². The first-order valence-corrected chi connectivity index (χ1v) is 9.30. The summed E-state index contributed by atoms with van der Waals surface area (Å²) in [6.07, 6.45) is 11.1. The van der Waals surface area contributed by atoms with Crippen molar-refractivity contribution in [1.29, 1.82) is 0 Å². The first-order valence-electron chi connectivity index (χ1n) is 9.30. The molecule has 0 heterocycles. The van der Waals surface area contributed by atoms with Crippen molar-refractivity contribution < 1.29 is 0 Å². The molecule has 2 N–H and O–H groups in total. The molecular weight excluding hydrogens is 256 g/mol. The predicted octanol–water partition coefficient (Wildman–Crippen LogP) is 4.29. The van der Waals surface area contributed by atoms with Gasteiger partial charge in [0, 0.05) is 19.1 Å². The van der Waals surface area contributed by atoms with E-state index >= 15 is 0 Å². The summed E-state index contributed by atoms with van der Waals surface area (Å²) in [5.74, 6) is 2.50. The van der Waals surface area contributed by atoms with Crippen molar-refractivity contribution in [3.8, 4) is 0 Å². The maximum atomic E-state index is 6.44. The van der Waals surface area contributed by atoms with E-state index in [1.54, 1.807) is 0 Å². The number of hydrogen-bond acceptors (Lipinski definition) is 2. The number of hydrogen-bond donors (Lipinski definition) is 1. The molecule has 21 heavy (non-hydrogen) atoms. The Morgan fingerprint density at radius 3 is 2.24 bits per heavy atom. The molecule has 2 nitrogen and oxygen atoms in total. The third-order valence-electron chi connectivity index (χ3n) is 6.11. The molecule has 0 spiro atoms. The zero-order chi connectivity index (χ0) is 15.5. The summed E-state index contributed by atoms with van der Waals surface area (Å²) in [6, 6.07) is 0.428. The fraction of sp³-hybridized carbons (Fsp3) is 1.00. The van der Waals surface area contributed by atoms with Gasteiger partial charge in [0.15, 0.2) is 0 Å². The standard InChI is InChI=1S/C19H38N2/c1-19(2,3)17-10-11-18(20)16(12-17)14-21(4)13-15-8-6-5-7-9-15/h15-18H,5-14,20H2,1-4H3. The Hall–Kier alpha value is -0.0800. The molecule has 124 valence electrons. The average molecular weight is 295 g/mol. The molecule has 2 aliphatic carbocycles. The largest absolute Gasteiger partial charge is 0.327 e. The minimum atomic E-state index is 0.428. The molecular formula is C19H38N2. The Kier molecular flexibility index (Phi) is 6.14. The minimum absolute atomic E-state index is 0.428. The summed E-state index contributed by atoms with van der Waals surface area (Å²) in [7, 11) is 2.32. The van der Waals surface area contributed by atoms with Crippen LogP contribution in [0.4, 0.5) is 0 Å². The SMILES string of the molecule is CN(CC1CCCCC1)CC1CC(C(C)(C)C)CCC1N. The summed E-state index contributed by atoms with van der Waals surface area (Å²) < 4.78 is 0. The van der Waals surface area contributed by atoms with Gasteiger partial charge in [-0.2, -0.15) is 0 Å². The first-order chi connectivity index (χ1) is 9.86. The molecule has 3 atom stereocenters. The van der Waals surface area contributed by atoms with Crippen molar-refractivity contribution in [3.05, 3.63) is 0 Å². The van der Waals surface area contributed by atoms with Crippen molar-refractivity contribution >= 4 is 0 Å². The fourth-order valence-electron chi connectivity index (χ4n) is 4.57. The Morgan fingerprint density at radius 1 is 0.952 bits per heavy atom. The summed E-state index contributed by atoms with van der Waals surface area (Å²) >= 11 is 0. The highest BCUT2D eigenvalue weighted by Gasteiger charge is 2.34. The van der Waals surface area contributed by atoms with Crippen LogP contribution in [0.5, 0.6) is 0 Å². The maximum absolute atomic E-state index is 6.44. The summed E-state index contributed by atoms with van der Waals surface area (Å²) in [4.78, 5) is 2.59. The van der Waals surface area contributed by atoms with Gasteiger partial charge in [-0.1, -0.05) is 40.0 Å². The molecule has 0 saturated heterocycles. The summed E-state index contributed by atoms with van der Waals surface area (Å²) in [5.41, 5.74) is 6.88. The molecule has 0 bridgehead atoms. The molecule has 2 fully saturated rings. The summed E-state index contributed by atoms with van der Waals surface area (Å²) in [6.45, 7) is 9.71. The molecule has 0 amide bonds. The zero-order valence-electron chi connectivity index (χ0n) is 14.9. The van der Waals surface area contributed by atoms with Crippen LogP contribution in [0.1, 0.15) is 72.1 Å². The van der Waals surface area contributed by atoms with Gasteiger partial charge in [-0.05, 0) is 62.3 Å². The van der Waals surface area contributed by atoms with E-state index in [1.165, 1.54) is 64.5 Å². The van der Waals surface area contributed by atoms with Crippen LogP contribution >= 0.6 is 0 Å². The lowest BCUT2D eigenvalue weighted by Crippen LogP contribution is -2.45. The molecule has 0 radical (unpaired) electrons. The van der Waals surface area contributed by atoms with Crippen molar-refractivity contribution in [3.63, 3.8) is 0 Å². The highest BCUT2D eigenvalue weighted by atomic mass is 15.1. The molecule has 0 aliphatic heterocycles. The van der Waals surface area contributed by atoms with Crippen LogP contribution < -0.4 is 5.73 Å². The second-order valence-corrected chi connectivity index (χ2v) is 9.03. The highest BCUT2D eigenvalue weighted by molar-refractivity contribution is 4.88. The van der Waals surface area contributed by atoms with Crippen molar-refractivity contribution in [2.45, 2.75) is 78.2 Å². The smallest absolute Gasteiger partial charge is 0.00795 e. The van der Waals surface area contributed by atoms with E-state index in [9.17, 15) is 0 Å². The van der Waals surface area contributed by atoms with Crippen LogP contribution in [-0.2, 0) is 0 Å². The highest BCUT2D eigenvalue weighted by Crippen LogP contribution is 2.40. The van der Waals surface area contributed by atoms with Crippen molar-refractivity contribution in [2.75, 3.05) is 20.1 Å². The van der Waals surface area contributed by atoms with Crippen LogP contribution in [0.3, 0.4) is 0 Å². The minimum Gasteiger partial charge on any atom is -0.327 e. The number of rotatable bonds is 4. The van der Waals surface area contributed by atoms with E-state index in [4.69, 9.17) is 5.73 Å². The van der Waals surface area contributed by atoms with Gasteiger partial charge in [-0.3, -0.25) is 0 Å². The molecule has 2 heteroatoms. The quantitative estimate of drug-likeness (QED) is 0.838. The van der Waals surface area contributed by atoms with Crippen LogP contribution in [0, 0.1) is 23.2 Å². The average Bonchev–Trinajstić information content (AvgIpc) is 2.41. The van der Waals surface area contributed by atoms with Gasteiger partial charge in [-0.25, -0.2) is 0 Å². The normalized spacial score (nSPS) is 32.6. The van der Waals surface area contributed by atoms with Gasteiger partial charge >= 0.3 is 0 Å². The van der Waals surface area contributed by atoms with Crippen LogP contribution in [0.2, 0.25) is 0 Å². The monoisotopic (exact) mass is 294 g/mol. The van der Waals surface area contributed by atoms with Crippen LogP contribution in [-0.4, -0.2) is 31.1 Å². The lowest BCUT2D eigenvalue weighted by molar-refractivity contribution is 0.0992. The first kappa shape index (κ1) is 17.3. The number of nitrogens with two attached hydrogens (primary N) is 1. The lowest BCUT2D eigenvalue weighted by atomic mass is 9.67.